The first-order chi connectivity index (χ1) is 15.2. The second-order valence-corrected chi connectivity index (χ2v) is 9.43. The molecule has 31 heavy (non-hydrogen) atoms. The second-order valence-electron chi connectivity index (χ2n) is 7.95. The molecule has 3 aromatic rings. The van der Waals surface area contributed by atoms with Gasteiger partial charge in [-0.2, -0.15) is 0 Å². The number of carbonyl (C=O) groups excluding carboxylic acids is 1. The number of nitrogens with one attached hydrogen (secondary N) is 1. The van der Waals surface area contributed by atoms with Gasteiger partial charge in [0.25, 0.3) is 0 Å². The third-order valence-electron chi connectivity index (χ3n) is 5.59. The van der Waals surface area contributed by atoms with E-state index >= 15 is 0 Å². The van der Waals surface area contributed by atoms with Gasteiger partial charge in [0.2, 0.25) is 11.9 Å². The van der Waals surface area contributed by atoms with E-state index in [0.29, 0.717) is 16.2 Å². The number of thioether (sulfide) groups is 1. The fraction of sp³-hybridized carbons (Fsp3) is 0.348. The van der Waals surface area contributed by atoms with Gasteiger partial charge in [0, 0.05) is 19.1 Å². The minimum Gasteiger partial charge on any atom is -0.352 e. The Kier molecular flexibility index (Phi) is 5.87. The standard InChI is InChI=1S/C23H24ClN5OS/c24-18-10-4-5-11-19(18)29-22(28-14-6-7-15-28)26-27-23(29)31-20(16-8-2-1-3-9-16)21(30)25-17-12-13-17/h1-5,8-11,17,20H,6-7,12-15H2,(H,25,30)/t20-/m1/s1. The van der Waals surface area contributed by atoms with Crippen molar-refractivity contribution >= 4 is 35.2 Å². The van der Waals surface area contributed by atoms with Crippen molar-refractivity contribution in [3.05, 3.63) is 65.2 Å². The van der Waals surface area contributed by atoms with Gasteiger partial charge in [0.1, 0.15) is 5.25 Å². The van der Waals surface area contributed by atoms with E-state index in [1.807, 2.05) is 59.2 Å². The molecule has 1 N–H and O–H groups in total. The molecular weight excluding hydrogens is 430 g/mol. The molecule has 0 bridgehead atoms. The van der Waals surface area contributed by atoms with Crippen LogP contribution in [-0.4, -0.2) is 39.8 Å². The summed E-state index contributed by atoms with van der Waals surface area (Å²) in [6, 6.07) is 17.9. The summed E-state index contributed by atoms with van der Waals surface area (Å²) < 4.78 is 2.00. The van der Waals surface area contributed by atoms with E-state index in [1.165, 1.54) is 11.8 Å². The van der Waals surface area contributed by atoms with Crippen molar-refractivity contribution in [3.8, 4) is 5.69 Å². The normalized spacial score (nSPS) is 17.0. The van der Waals surface area contributed by atoms with Gasteiger partial charge in [-0.15, -0.1) is 10.2 Å². The van der Waals surface area contributed by atoms with Gasteiger partial charge in [0.05, 0.1) is 10.7 Å². The summed E-state index contributed by atoms with van der Waals surface area (Å²) in [5.74, 6) is 0.789. The van der Waals surface area contributed by atoms with Crippen LogP contribution in [0.4, 0.5) is 5.95 Å². The van der Waals surface area contributed by atoms with Crippen molar-refractivity contribution in [1.82, 2.24) is 20.1 Å². The third-order valence-corrected chi connectivity index (χ3v) is 7.10. The van der Waals surface area contributed by atoms with Crippen molar-refractivity contribution in [2.45, 2.75) is 42.1 Å². The van der Waals surface area contributed by atoms with E-state index in [2.05, 4.69) is 20.4 Å². The summed E-state index contributed by atoms with van der Waals surface area (Å²) in [4.78, 5) is 15.4. The van der Waals surface area contributed by atoms with E-state index in [0.717, 1.165) is 56.0 Å². The van der Waals surface area contributed by atoms with Crippen LogP contribution >= 0.6 is 23.4 Å². The summed E-state index contributed by atoms with van der Waals surface area (Å²) in [5, 5.41) is 13.1. The van der Waals surface area contributed by atoms with Crippen LogP contribution in [0.5, 0.6) is 0 Å². The highest BCUT2D eigenvalue weighted by molar-refractivity contribution is 8.00. The Morgan fingerprint density at radius 3 is 2.45 bits per heavy atom. The highest BCUT2D eigenvalue weighted by atomic mass is 35.5. The van der Waals surface area contributed by atoms with Crippen molar-refractivity contribution in [1.29, 1.82) is 0 Å². The lowest BCUT2D eigenvalue weighted by molar-refractivity contribution is -0.120. The van der Waals surface area contributed by atoms with Crippen LogP contribution in [0.2, 0.25) is 5.02 Å². The molecule has 1 saturated heterocycles. The summed E-state index contributed by atoms with van der Waals surface area (Å²) in [6.45, 7) is 1.88. The number of para-hydroxylation sites is 1. The lowest BCUT2D eigenvalue weighted by Gasteiger charge is -2.21. The lowest BCUT2D eigenvalue weighted by atomic mass is 10.1. The van der Waals surface area contributed by atoms with E-state index in [9.17, 15) is 4.79 Å². The Balaban J connectivity index is 1.55. The number of halogens is 1. The van der Waals surface area contributed by atoms with Gasteiger partial charge in [-0.1, -0.05) is 65.8 Å². The molecule has 1 atom stereocenters. The smallest absolute Gasteiger partial charge is 0.238 e. The molecule has 2 aliphatic rings. The number of hydrogen-bond donors (Lipinski definition) is 1. The van der Waals surface area contributed by atoms with E-state index in [-0.39, 0.29) is 5.91 Å². The number of nitrogens with zero attached hydrogens (tertiary/aromatic N) is 4. The fourth-order valence-electron chi connectivity index (χ4n) is 3.82. The van der Waals surface area contributed by atoms with Gasteiger partial charge in [0.15, 0.2) is 5.16 Å². The minimum atomic E-state index is -0.418. The molecule has 0 spiro atoms. The minimum absolute atomic E-state index is 0.00938. The molecule has 0 unspecified atom stereocenters. The summed E-state index contributed by atoms with van der Waals surface area (Å²) >= 11 is 8.00. The monoisotopic (exact) mass is 453 g/mol. The van der Waals surface area contributed by atoms with Gasteiger partial charge in [-0.3, -0.25) is 9.36 Å². The molecule has 8 heteroatoms. The molecule has 1 amide bonds. The van der Waals surface area contributed by atoms with Crippen LogP contribution in [-0.2, 0) is 4.79 Å². The molecule has 5 rings (SSSR count). The highest BCUT2D eigenvalue weighted by Crippen LogP contribution is 2.39. The molecule has 160 valence electrons. The van der Waals surface area contributed by atoms with Crippen LogP contribution in [0, 0.1) is 0 Å². The first-order valence-corrected chi connectivity index (χ1v) is 11.9. The Hall–Kier alpha value is -2.51. The Morgan fingerprint density at radius 2 is 1.74 bits per heavy atom. The maximum absolute atomic E-state index is 13.2. The van der Waals surface area contributed by atoms with Gasteiger partial charge in [-0.05, 0) is 43.4 Å². The maximum atomic E-state index is 13.2. The van der Waals surface area contributed by atoms with Crippen molar-refractivity contribution in [3.63, 3.8) is 0 Å². The zero-order valence-corrected chi connectivity index (χ0v) is 18.6. The number of anilines is 1. The number of hydrogen-bond acceptors (Lipinski definition) is 5. The van der Waals surface area contributed by atoms with Gasteiger partial charge in [-0.25, -0.2) is 0 Å². The first kappa shape index (κ1) is 20.4. The van der Waals surface area contributed by atoms with E-state index in [4.69, 9.17) is 11.6 Å². The molecule has 2 heterocycles. The Labute approximate surface area is 191 Å². The molecule has 1 aliphatic carbocycles. The predicted octanol–water partition coefficient (Wildman–Crippen LogP) is 4.63. The summed E-state index contributed by atoms with van der Waals surface area (Å²) in [6.07, 6.45) is 4.36. The first-order valence-electron chi connectivity index (χ1n) is 10.7. The highest BCUT2D eigenvalue weighted by Gasteiger charge is 2.32. The number of benzene rings is 2. The van der Waals surface area contributed by atoms with Crippen LogP contribution in [0.25, 0.3) is 5.69 Å². The lowest BCUT2D eigenvalue weighted by Crippen LogP contribution is -2.30. The topological polar surface area (TPSA) is 63.1 Å². The van der Waals surface area contributed by atoms with Gasteiger partial charge >= 0.3 is 0 Å². The Morgan fingerprint density at radius 1 is 1.03 bits per heavy atom. The predicted molar refractivity (Wildman–Crippen MR) is 124 cm³/mol. The summed E-state index contributed by atoms with van der Waals surface area (Å²) in [7, 11) is 0. The van der Waals surface area contributed by atoms with Crippen LogP contribution in [0.1, 0.15) is 36.5 Å². The van der Waals surface area contributed by atoms with E-state index in [1.54, 1.807) is 0 Å². The number of amides is 1. The molecule has 2 aromatic carbocycles. The molecule has 1 aliphatic heterocycles. The Bertz CT molecular complexity index is 1060. The largest absolute Gasteiger partial charge is 0.352 e. The van der Waals surface area contributed by atoms with Crippen molar-refractivity contribution in [2.75, 3.05) is 18.0 Å². The molecule has 6 nitrogen and oxygen atoms in total. The average Bonchev–Trinajstić information content (AvgIpc) is 3.26. The molecule has 1 saturated carbocycles. The average molecular weight is 454 g/mol. The van der Waals surface area contributed by atoms with Crippen LogP contribution < -0.4 is 10.2 Å². The summed E-state index contributed by atoms with van der Waals surface area (Å²) in [5.41, 5.74) is 1.77. The molecule has 2 fully saturated rings. The molecular formula is C23H24ClN5OS. The number of rotatable bonds is 7. The second kappa shape index (κ2) is 8.93. The van der Waals surface area contributed by atoms with Crippen LogP contribution in [0.15, 0.2) is 59.8 Å². The number of aromatic nitrogens is 3. The molecule has 1 aromatic heterocycles. The maximum Gasteiger partial charge on any atom is 0.238 e. The van der Waals surface area contributed by atoms with Crippen molar-refractivity contribution < 1.29 is 4.79 Å². The quantitative estimate of drug-likeness (QED) is 0.528. The number of carbonyl (C=O) groups is 1. The van der Waals surface area contributed by atoms with E-state index < -0.39 is 5.25 Å². The van der Waals surface area contributed by atoms with Crippen molar-refractivity contribution in [2.24, 2.45) is 0 Å². The van der Waals surface area contributed by atoms with Crippen LogP contribution in [0.3, 0.4) is 0 Å². The fourth-order valence-corrected chi connectivity index (χ4v) is 5.09. The zero-order valence-electron chi connectivity index (χ0n) is 17.1. The SMILES string of the molecule is O=C(NC1CC1)[C@H](Sc1nnc(N2CCCC2)n1-c1ccccc1Cl)c1ccccc1. The molecule has 0 radical (unpaired) electrons. The zero-order chi connectivity index (χ0) is 21.2. The van der Waals surface area contributed by atoms with Gasteiger partial charge < -0.3 is 10.2 Å². The third kappa shape index (κ3) is 4.43.